The molecule has 1 aromatic carbocycles. The minimum absolute atomic E-state index is 0.309. The van der Waals surface area contributed by atoms with Crippen LogP contribution in [-0.4, -0.2) is 14.9 Å². The van der Waals surface area contributed by atoms with Crippen molar-refractivity contribution in [1.29, 1.82) is 0 Å². The molecule has 4 rings (SSSR count). The van der Waals surface area contributed by atoms with Gasteiger partial charge in [0, 0.05) is 21.1 Å². The van der Waals surface area contributed by atoms with E-state index in [9.17, 15) is 9.59 Å². The summed E-state index contributed by atoms with van der Waals surface area (Å²) in [6.45, 7) is 2.51. The summed E-state index contributed by atoms with van der Waals surface area (Å²) >= 11 is 4.92. The molecule has 0 radical (unpaired) electrons. The van der Waals surface area contributed by atoms with Gasteiger partial charge in [-0.3, -0.25) is 4.57 Å². The Kier molecular flexibility index (Phi) is 6.58. The van der Waals surface area contributed by atoms with Gasteiger partial charge < -0.3 is 4.42 Å². The highest BCUT2D eigenvalue weighted by atomic mass is 79.9. The highest BCUT2D eigenvalue weighted by Gasteiger charge is 2.11. The average Bonchev–Trinajstić information content (AvgIpc) is 3.09. The maximum atomic E-state index is 12.0. The number of nitrogens with zero attached hydrogens (tertiary/aromatic N) is 2. The number of hydrogen-bond acceptors (Lipinski definition) is 5. The van der Waals surface area contributed by atoms with E-state index in [0.29, 0.717) is 17.6 Å². The Hall–Kier alpha value is -2.25. The number of pyridine rings is 1. The second kappa shape index (κ2) is 9.10. The molecule has 0 aliphatic carbocycles. The van der Waals surface area contributed by atoms with Crippen LogP contribution < -0.4 is 11.4 Å². The van der Waals surface area contributed by atoms with Gasteiger partial charge in [0.05, 0.1) is 6.54 Å². The van der Waals surface area contributed by atoms with Crippen molar-refractivity contribution in [1.82, 2.24) is 9.55 Å². The Morgan fingerprint density at radius 2 is 2.00 bits per heavy atom. The van der Waals surface area contributed by atoms with Gasteiger partial charge in [-0.1, -0.05) is 47.5 Å². The minimum atomic E-state index is -0.686. The third kappa shape index (κ3) is 4.54. The number of aromatic nitrogens is 2. The molecule has 0 saturated heterocycles. The number of alkyl halides is 1. The van der Waals surface area contributed by atoms with Crippen LogP contribution in [0.25, 0.3) is 21.1 Å². The lowest BCUT2D eigenvalue weighted by molar-refractivity contribution is 0.424. The molecule has 27 heavy (non-hydrogen) atoms. The number of thiophene rings is 1. The topological polar surface area (TPSA) is 65.1 Å². The molecule has 5 nitrogen and oxygen atoms in total. The lowest BCUT2D eigenvalue weighted by Crippen LogP contribution is -2.25. The van der Waals surface area contributed by atoms with E-state index in [1.807, 2.05) is 30.3 Å². The Balaban J connectivity index is 0.000000376. The Morgan fingerprint density at radius 3 is 2.70 bits per heavy atom. The lowest BCUT2D eigenvalue weighted by atomic mass is 10.2. The van der Waals surface area contributed by atoms with Crippen LogP contribution in [0.4, 0.5) is 0 Å². The monoisotopic (exact) mass is 446 g/mol. The molecule has 0 amide bonds. The summed E-state index contributed by atoms with van der Waals surface area (Å²) in [5, 5.41) is 2.59. The van der Waals surface area contributed by atoms with Gasteiger partial charge in [0.1, 0.15) is 5.39 Å². The zero-order valence-corrected chi connectivity index (χ0v) is 17.3. The lowest BCUT2D eigenvalue weighted by Gasteiger charge is -2.05. The van der Waals surface area contributed by atoms with Crippen molar-refractivity contribution in [3.05, 3.63) is 74.5 Å². The molecule has 3 heterocycles. The third-order valence-electron chi connectivity index (χ3n) is 3.94. The van der Waals surface area contributed by atoms with E-state index < -0.39 is 11.4 Å². The first kappa shape index (κ1) is 19.5. The van der Waals surface area contributed by atoms with Crippen LogP contribution in [0, 0.1) is 0 Å². The van der Waals surface area contributed by atoms with E-state index in [1.54, 1.807) is 29.7 Å². The third-order valence-corrected chi connectivity index (χ3v) is 5.60. The summed E-state index contributed by atoms with van der Waals surface area (Å²) in [6, 6.07) is 13.3. The number of benzene rings is 1. The van der Waals surface area contributed by atoms with E-state index in [2.05, 4.69) is 27.8 Å². The zero-order valence-electron chi connectivity index (χ0n) is 14.9. The second-order valence-corrected chi connectivity index (χ2v) is 7.87. The van der Waals surface area contributed by atoms with Crippen molar-refractivity contribution in [2.45, 2.75) is 26.3 Å². The fraction of sp³-hybridized carbons (Fsp3) is 0.250. The molecule has 0 atom stereocenters. The molecule has 0 aliphatic heterocycles. The Bertz CT molecular complexity index is 1130. The first-order chi connectivity index (χ1) is 13.1. The smallest absolute Gasteiger partial charge is 0.372 e. The first-order valence-electron chi connectivity index (χ1n) is 8.66. The summed E-state index contributed by atoms with van der Waals surface area (Å²) in [5.74, 6) is -0.686. The average molecular weight is 447 g/mol. The van der Waals surface area contributed by atoms with Gasteiger partial charge in [-0.2, -0.15) is 0 Å². The van der Waals surface area contributed by atoms with Crippen LogP contribution in [0.1, 0.15) is 24.6 Å². The normalized spacial score (nSPS) is 10.7. The largest absolute Gasteiger partial charge is 0.423 e. The molecule has 0 aliphatic rings. The highest BCUT2D eigenvalue weighted by molar-refractivity contribution is 9.09. The molecular weight excluding hydrogens is 428 g/mol. The van der Waals surface area contributed by atoms with Gasteiger partial charge >= 0.3 is 11.4 Å². The number of hydrogen-bond donors (Lipinski definition) is 0. The number of halogens is 1. The maximum Gasteiger partial charge on any atom is 0.423 e. The summed E-state index contributed by atoms with van der Waals surface area (Å²) in [4.78, 5) is 28.9. The summed E-state index contributed by atoms with van der Waals surface area (Å²) < 4.78 is 7.33. The van der Waals surface area contributed by atoms with Crippen molar-refractivity contribution in [3.63, 3.8) is 0 Å². The molecule has 7 heteroatoms. The van der Waals surface area contributed by atoms with Crippen molar-refractivity contribution >= 4 is 48.4 Å². The van der Waals surface area contributed by atoms with Crippen molar-refractivity contribution < 1.29 is 4.42 Å². The van der Waals surface area contributed by atoms with Crippen LogP contribution in [0.15, 0.2) is 62.7 Å². The van der Waals surface area contributed by atoms with Crippen LogP contribution in [0.3, 0.4) is 0 Å². The Morgan fingerprint density at radius 1 is 1.19 bits per heavy atom. The van der Waals surface area contributed by atoms with Crippen LogP contribution in [-0.2, 0) is 6.54 Å². The van der Waals surface area contributed by atoms with Gasteiger partial charge in [-0.15, -0.1) is 11.3 Å². The number of unbranched alkanes of at least 4 members (excludes halogenated alkanes) is 1. The maximum absolute atomic E-state index is 12.0. The standard InChI is InChI=1S/C16H10N2O3S.C4H9Br/c19-15-12-5-3-7-17-14(12)18(16(20)21-15)9-11-8-10-4-1-2-6-13(10)22-11;1-2-3-4-5/h1-8H,9H2;2-4H2,1H3. The van der Waals surface area contributed by atoms with Crippen molar-refractivity contribution in [3.8, 4) is 0 Å². The predicted octanol–water partition coefficient (Wildman–Crippen LogP) is 4.79. The first-order valence-corrected chi connectivity index (χ1v) is 10.6. The van der Waals surface area contributed by atoms with E-state index >= 15 is 0 Å². The zero-order chi connectivity index (χ0) is 19.2. The van der Waals surface area contributed by atoms with Crippen molar-refractivity contribution in [2.24, 2.45) is 0 Å². The van der Waals surface area contributed by atoms with Gasteiger partial charge in [-0.25, -0.2) is 14.6 Å². The second-order valence-electron chi connectivity index (χ2n) is 5.91. The van der Waals surface area contributed by atoms with E-state index in [1.165, 1.54) is 17.4 Å². The van der Waals surface area contributed by atoms with Crippen LogP contribution in [0.5, 0.6) is 0 Å². The molecule has 0 saturated carbocycles. The molecule has 0 bridgehead atoms. The molecule has 0 N–H and O–H groups in total. The highest BCUT2D eigenvalue weighted by Crippen LogP contribution is 2.25. The fourth-order valence-corrected chi connectivity index (χ4v) is 4.21. The van der Waals surface area contributed by atoms with E-state index in [0.717, 1.165) is 20.3 Å². The van der Waals surface area contributed by atoms with Crippen LogP contribution >= 0.6 is 27.3 Å². The molecule has 140 valence electrons. The quantitative estimate of drug-likeness (QED) is 0.422. The number of rotatable bonds is 4. The summed E-state index contributed by atoms with van der Waals surface area (Å²) in [5.41, 5.74) is -0.304. The fourth-order valence-electron chi connectivity index (χ4n) is 2.59. The van der Waals surface area contributed by atoms with E-state index in [-0.39, 0.29) is 0 Å². The number of fused-ring (bicyclic) bond motifs is 2. The molecule has 4 aromatic rings. The predicted molar refractivity (Wildman–Crippen MR) is 114 cm³/mol. The summed E-state index contributed by atoms with van der Waals surface area (Å²) in [6.07, 6.45) is 4.16. The molecule has 0 unspecified atom stereocenters. The molecular formula is C20H19BrN2O3S. The van der Waals surface area contributed by atoms with Gasteiger partial charge in [-0.05, 0) is 36.1 Å². The van der Waals surface area contributed by atoms with Gasteiger partial charge in [0.15, 0.2) is 5.65 Å². The molecule has 0 spiro atoms. The van der Waals surface area contributed by atoms with Gasteiger partial charge in [0.2, 0.25) is 0 Å². The van der Waals surface area contributed by atoms with Gasteiger partial charge in [0.25, 0.3) is 0 Å². The van der Waals surface area contributed by atoms with Crippen LogP contribution in [0.2, 0.25) is 0 Å². The summed E-state index contributed by atoms with van der Waals surface area (Å²) in [7, 11) is 0. The molecule has 0 fully saturated rings. The van der Waals surface area contributed by atoms with Crippen molar-refractivity contribution in [2.75, 3.05) is 5.33 Å². The molecule has 3 aromatic heterocycles. The Labute approximate surface area is 168 Å². The van der Waals surface area contributed by atoms with E-state index in [4.69, 9.17) is 4.42 Å². The minimum Gasteiger partial charge on any atom is -0.372 e. The SMILES string of the molecule is CCCCBr.O=c1oc(=O)n(Cc2cc3ccccc3s2)c2ncccc12.